The Kier molecular flexibility index (Phi) is 5.66. The highest BCUT2D eigenvalue weighted by Crippen LogP contribution is 2.32. The lowest BCUT2D eigenvalue weighted by atomic mass is 10.1. The Balaban J connectivity index is 1.77. The van der Waals surface area contributed by atoms with Gasteiger partial charge in [0.2, 0.25) is 0 Å². The Morgan fingerprint density at radius 1 is 0.857 bits per heavy atom. The van der Waals surface area contributed by atoms with Gasteiger partial charge in [-0.15, -0.1) is 0 Å². The molecule has 0 aromatic heterocycles. The van der Waals surface area contributed by atoms with Crippen LogP contribution in [-0.2, 0) is 0 Å². The molecule has 28 heavy (non-hydrogen) atoms. The first-order valence-electron chi connectivity index (χ1n) is 8.20. The van der Waals surface area contributed by atoms with Crippen LogP contribution in [0.3, 0.4) is 0 Å². The van der Waals surface area contributed by atoms with Crippen LogP contribution in [0.5, 0.6) is 0 Å². The van der Waals surface area contributed by atoms with Crippen molar-refractivity contribution in [1.29, 1.82) is 0 Å². The number of hydrogen-bond acceptors (Lipinski definition) is 6. The topological polar surface area (TPSA) is 110 Å². The number of piperazine rings is 1. The number of nitrogens with zero attached hydrogens (tertiary/aromatic N) is 4. The molecule has 0 N–H and O–H groups in total. The molecule has 2 aromatic carbocycles. The van der Waals surface area contributed by atoms with Gasteiger partial charge in [-0.25, -0.2) is 0 Å². The van der Waals surface area contributed by atoms with Crippen molar-refractivity contribution in [3.63, 3.8) is 0 Å². The average Bonchev–Trinajstić information content (AvgIpc) is 2.67. The number of nitro benzene ring substituents is 2. The summed E-state index contributed by atoms with van der Waals surface area (Å²) in [5, 5.41) is 22.9. The first kappa shape index (κ1) is 19.8. The zero-order valence-corrected chi connectivity index (χ0v) is 15.9. The molecule has 0 radical (unpaired) electrons. The number of halogens is 2. The number of rotatable bonds is 4. The lowest BCUT2D eigenvalue weighted by Gasteiger charge is -2.35. The van der Waals surface area contributed by atoms with E-state index in [1.54, 1.807) is 17.0 Å². The minimum absolute atomic E-state index is 0.0414. The van der Waals surface area contributed by atoms with Gasteiger partial charge >= 0.3 is 0 Å². The molecule has 1 aliphatic heterocycles. The van der Waals surface area contributed by atoms with Crippen LogP contribution in [0.4, 0.5) is 17.1 Å². The number of amides is 1. The molecule has 146 valence electrons. The third kappa shape index (κ3) is 4.00. The van der Waals surface area contributed by atoms with Crippen molar-refractivity contribution in [1.82, 2.24) is 4.90 Å². The number of hydrogen-bond donors (Lipinski definition) is 0. The van der Waals surface area contributed by atoms with Crippen LogP contribution in [0.15, 0.2) is 36.4 Å². The SMILES string of the molecule is O=C(c1ccc(Cl)cc1[N+](=O)[O-])N1CCN(c2ccc(Cl)cc2[N+](=O)[O-])CC1. The molecule has 2 aromatic rings. The van der Waals surface area contributed by atoms with Crippen molar-refractivity contribution in [2.45, 2.75) is 0 Å². The van der Waals surface area contributed by atoms with E-state index in [0.29, 0.717) is 18.8 Å². The molecule has 1 aliphatic rings. The van der Waals surface area contributed by atoms with Crippen molar-refractivity contribution in [3.05, 3.63) is 72.2 Å². The highest BCUT2D eigenvalue weighted by atomic mass is 35.5. The van der Waals surface area contributed by atoms with Gasteiger partial charge in [-0.3, -0.25) is 25.0 Å². The number of carbonyl (C=O) groups is 1. The molecular weight excluding hydrogens is 411 g/mol. The highest BCUT2D eigenvalue weighted by molar-refractivity contribution is 6.31. The molecular formula is C17H14Cl2N4O5. The zero-order chi connectivity index (χ0) is 20.4. The van der Waals surface area contributed by atoms with Gasteiger partial charge in [-0.1, -0.05) is 23.2 Å². The van der Waals surface area contributed by atoms with Crippen molar-refractivity contribution in [2.75, 3.05) is 31.1 Å². The van der Waals surface area contributed by atoms with Crippen molar-refractivity contribution in [2.24, 2.45) is 0 Å². The molecule has 3 rings (SSSR count). The summed E-state index contributed by atoms with van der Waals surface area (Å²) in [7, 11) is 0. The standard InChI is InChI=1S/C17H14Cl2N4O5/c18-11-1-3-13(15(9-11)22(25)26)17(24)21-7-5-20(6-8-21)14-4-2-12(19)10-16(14)23(27)28/h1-4,9-10H,5-8H2. The predicted octanol–water partition coefficient (Wildman–Crippen LogP) is 3.77. The van der Waals surface area contributed by atoms with Crippen LogP contribution >= 0.6 is 23.2 Å². The Morgan fingerprint density at radius 3 is 1.96 bits per heavy atom. The van der Waals surface area contributed by atoms with Crippen LogP contribution in [0.2, 0.25) is 10.0 Å². The van der Waals surface area contributed by atoms with Gasteiger partial charge in [0.25, 0.3) is 17.3 Å². The molecule has 0 atom stereocenters. The van der Waals surface area contributed by atoms with Crippen LogP contribution in [0.1, 0.15) is 10.4 Å². The highest BCUT2D eigenvalue weighted by Gasteiger charge is 2.29. The second kappa shape index (κ2) is 7.99. The second-order valence-corrected chi connectivity index (χ2v) is 6.96. The van der Waals surface area contributed by atoms with Crippen molar-refractivity contribution < 1.29 is 14.6 Å². The van der Waals surface area contributed by atoms with E-state index in [2.05, 4.69) is 0 Å². The number of nitro groups is 2. The minimum Gasteiger partial charge on any atom is -0.362 e. The van der Waals surface area contributed by atoms with E-state index < -0.39 is 15.8 Å². The van der Waals surface area contributed by atoms with Gasteiger partial charge in [-0.05, 0) is 24.3 Å². The molecule has 0 aliphatic carbocycles. The predicted molar refractivity (Wildman–Crippen MR) is 104 cm³/mol. The van der Waals surface area contributed by atoms with E-state index in [1.807, 2.05) is 0 Å². The molecule has 1 amide bonds. The Labute approximate surface area is 169 Å². The van der Waals surface area contributed by atoms with Gasteiger partial charge < -0.3 is 9.80 Å². The van der Waals surface area contributed by atoms with Gasteiger partial charge in [0.05, 0.1) is 9.85 Å². The van der Waals surface area contributed by atoms with Crippen LogP contribution < -0.4 is 4.90 Å². The Bertz CT molecular complexity index is 961. The summed E-state index contributed by atoms with van der Waals surface area (Å²) in [6, 6.07) is 8.32. The van der Waals surface area contributed by atoms with Crippen LogP contribution in [0, 0.1) is 20.2 Å². The molecule has 1 heterocycles. The molecule has 1 saturated heterocycles. The molecule has 9 nitrogen and oxygen atoms in total. The summed E-state index contributed by atoms with van der Waals surface area (Å²) in [6.07, 6.45) is 0. The first-order valence-corrected chi connectivity index (χ1v) is 8.95. The molecule has 0 bridgehead atoms. The Morgan fingerprint density at radius 2 is 1.39 bits per heavy atom. The van der Waals surface area contributed by atoms with E-state index in [-0.39, 0.29) is 40.1 Å². The molecule has 0 saturated carbocycles. The summed E-state index contributed by atoms with van der Waals surface area (Å²) in [5.74, 6) is -0.478. The third-order valence-electron chi connectivity index (χ3n) is 4.43. The number of benzene rings is 2. The summed E-state index contributed by atoms with van der Waals surface area (Å²) >= 11 is 11.6. The zero-order valence-electron chi connectivity index (χ0n) is 14.4. The maximum atomic E-state index is 12.7. The van der Waals surface area contributed by atoms with Gasteiger partial charge in [-0.2, -0.15) is 0 Å². The minimum atomic E-state index is -0.646. The van der Waals surface area contributed by atoms with E-state index in [0.717, 1.165) is 6.07 Å². The first-order chi connectivity index (χ1) is 13.3. The molecule has 0 unspecified atom stereocenters. The quantitative estimate of drug-likeness (QED) is 0.545. The molecule has 1 fully saturated rings. The van der Waals surface area contributed by atoms with E-state index in [4.69, 9.17) is 23.2 Å². The maximum absolute atomic E-state index is 12.7. The van der Waals surface area contributed by atoms with E-state index >= 15 is 0 Å². The Hall–Kier alpha value is -2.91. The van der Waals surface area contributed by atoms with Gasteiger partial charge in [0, 0.05) is 48.4 Å². The lowest BCUT2D eigenvalue weighted by Crippen LogP contribution is -2.49. The van der Waals surface area contributed by atoms with Crippen molar-refractivity contribution >= 4 is 46.2 Å². The summed E-state index contributed by atoms with van der Waals surface area (Å²) in [4.78, 5) is 37.4. The van der Waals surface area contributed by atoms with Crippen molar-refractivity contribution in [3.8, 4) is 0 Å². The summed E-state index contributed by atoms with van der Waals surface area (Å²) in [6.45, 7) is 1.21. The second-order valence-electron chi connectivity index (χ2n) is 6.09. The lowest BCUT2D eigenvalue weighted by molar-refractivity contribution is -0.385. The molecule has 0 spiro atoms. The maximum Gasteiger partial charge on any atom is 0.294 e. The van der Waals surface area contributed by atoms with E-state index in [9.17, 15) is 25.0 Å². The monoisotopic (exact) mass is 424 g/mol. The fourth-order valence-electron chi connectivity index (χ4n) is 3.07. The van der Waals surface area contributed by atoms with Gasteiger partial charge in [0.15, 0.2) is 0 Å². The molecule has 11 heteroatoms. The summed E-state index contributed by atoms with van der Waals surface area (Å²) < 4.78 is 0. The van der Waals surface area contributed by atoms with Crippen LogP contribution in [0.25, 0.3) is 0 Å². The largest absolute Gasteiger partial charge is 0.362 e. The smallest absolute Gasteiger partial charge is 0.294 e. The number of anilines is 1. The fourth-order valence-corrected chi connectivity index (χ4v) is 3.40. The fraction of sp³-hybridized carbons (Fsp3) is 0.235. The number of carbonyl (C=O) groups excluding carboxylic acids is 1. The van der Waals surface area contributed by atoms with Crippen LogP contribution in [-0.4, -0.2) is 46.8 Å². The van der Waals surface area contributed by atoms with E-state index in [1.165, 1.54) is 23.1 Å². The third-order valence-corrected chi connectivity index (χ3v) is 4.90. The van der Waals surface area contributed by atoms with Gasteiger partial charge in [0.1, 0.15) is 11.3 Å². The summed E-state index contributed by atoms with van der Waals surface area (Å²) in [5.41, 5.74) is -0.0896. The normalized spacial score (nSPS) is 14.1. The average molecular weight is 425 g/mol.